The van der Waals surface area contributed by atoms with Gasteiger partial charge in [-0.2, -0.15) is 0 Å². The monoisotopic (exact) mass is 309 g/mol. The molecule has 1 aliphatic heterocycles. The number of ether oxygens (including phenoxy) is 2. The van der Waals surface area contributed by atoms with Crippen LogP contribution in [0.3, 0.4) is 0 Å². The van der Waals surface area contributed by atoms with Gasteiger partial charge in [-0.25, -0.2) is 9.59 Å². The Labute approximate surface area is 130 Å². The van der Waals surface area contributed by atoms with Gasteiger partial charge in [0, 0.05) is 13.0 Å². The Balaban J connectivity index is 2.30. The summed E-state index contributed by atoms with van der Waals surface area (Å²) >= 11 is 0. The van der Waals surface area contributed by atoms with Crippen molar-refractivity contribution in [2.45, 2.75) is 51.2 Å². The van der Waals surface area contributed by atoms with Gasteiger partial charge in [0.2, 0.25) is 0 Å². The van der Waals surface area contributed by atoms with Crippen LogP contribution < -0.4 is 0 Å². The predicted molar refractivity (Wildman–Crippen MR) is 79.3 cm³/mol. The Morgan fingerprint density at radius 1 is 1.41 bits per heavy atom. The second-order valence-electron chi connectivity index (χ2n) is 6.57. The van der Waals surface area contributed by atoms with E-state index in [2.05, 4.69) is 0 Å². The van der Waals surface area contributed by atoms with Crippen LogP contribution >= 0.6 is 0 Å². The zero-order chi connectivity index (χ0) is 16.4. The summed E-state index contributed by atoms with van der Waals surface area (Å²) in [6.45, 7) is 5.88. The molecule has 0 N–H and O–H groups in total. The van der Waals surface area contributed by atoms with Crippen molar-refractivity contribution in [3.05, 3.63) is 24.2 Å². The van der Waals surface area contributed by atoms with E-state index in [9.17, 15) is 9.59 Å². The van der Waals surface area contributed by atoms with Gasteiger partial charge >= 0.3 is 12.1 Å². The zero-order valence-electron chi connectivity index (χ0n) is 13.5. The van der Waals surface area contributed by atoms with Gasteiger partial charge in [-0.1, -0.05) is 0 Å². The van der Waals surface area contributed by atoms with E-state index >= 15 is 0 Å². The molecule has 6 heteroatoms. The molecular weight excluding hydrogens is 286 g/mol. The Morgan fingerprint density at radius 3 is 2.68 bits per heavy atom. The normalized spacial score (nSPS) is 21.7. The summed E-state index contributed by atoms with van der Waals surface area (Å²) in [6.07, 6.45) is 4.27. The van der Waals surface area contributed by atoms with Gasteiger partial charge in [-0.15, -0.1) is 0 Å². The van der Waals surface area contributed by atoms with Crippen LogP contribution in [0.15, 0.2) is 23.0 Å². The first-order valence-corrected chi connectivity index (χ1v) is 7.39. The van der Waals surface area contributed by atoms with Crippen molar-refractivity contribution in [1.29, 1.82) is 0 Å². The fourth-order valence-electron chi connectivity index (χ4n) is 2.85. The van der Waals surface area contributed by atoms with Crippen molar-refractivity contribution in [1.82, 2.24) is 4.90 Å². The van der Waals surface area contributed by atoms with Crippen molar-refractivity contribution < 1.29 is 23.5 Å². The highest BCUT2D eigenvalue weighted by Crippen LogP contribution is 2.35. The maximum Gasteiger partial charge on any atom is 0.411 e. The van der Waals surface area contributed by atoms with Crippen LogP contribution in [0.1, 0.15) is 39.2 Å². The molecule has 1 aromatic rings. The second-order valence-corrected chi connectivity index (χ2v) is 6.57. The molecule has 0 radical (unpaired) electrons. The molecular formula is C16H23NO5. The number of carbonyl (C=O) groups excluding carboxylic acids is 2. The molecule has 1 unspecified atom stereocenters. The van der Waals surface area contributed by atoms with Crippen LogP contribution in [0.25, 0.3) is 0 Å². The average molecular weight is 309 g/mol. The Morgan fingerprint density at radius 2 is 2.14 bits per heavy atom. The number of carbonyl (C=O) groups is 2. The van der Waals surface area contributed by atoms with Crippen LogP contribution in [0.2, 0.25) is 0 Å². The minimum Gasteiger partial charge on any atom is -0.472 e. The molecule has 1 fully saturated rings. The third kappa shape index (κ3) is 3.26. The maximum absolute atomic E-state index is 12.5. The highest BCUT2D eigenvalue weighted by atomic mass is 16.6. The van der Waals surface area contributed by atoms with Crippen LogP contribution in [-0.2, 0) is 20.7 Å². The van der Waals surface area contributed by atoms with E-state index in [1.807, 2.05) is 0 Å². The topological polar surface area (TPSA) is 69.0 Å². The maximum atomic E-state index is 12.5. The largest absolute Gasteiger partial charge is 0.472 e. The Bertz CT molecular complexity index is 531. The smallest absolute Gasteiger partial charge is 0.411 e. The molecule has 0 spiro atoms. The molecule has 2 heterocycles. The fraction of sp³-hybridized carbons (Fsp3) is 0.625. The van der Waals surface area contributed by atoms with Gasteiger partial charge in [0.15, 0.2) is 0 Å². The number of methoxy groups -OCH3 is 1. The molecule has 0 aromatic carbocycles. The lowest BCUT2D eigenvalue weighted by Crippen LogP contribution is -2.56. The van der Waals surface area contributed by atoms with Gasteiger partial charge in [0.1, 0.15) is 11.1 Å². The van der Waals surface area contributed by atoms with E-state index in [1.165, 1.54) is 12.0 Å². The predicted octanol–water partition coefficient (Wildman–Crippen LogP) is 2.76. The Kier molecular flexibility index (Phi) is 4.49. The van der Waals surface area contributed by atoms with Crippen molar-refractivity contribution in [2.24, 2.45) is 0 Å². The number of amides is 1. The van der Waals surface area contributed by atoms with Gasteiger partial charge < -0.3 is 13.9 Å². The van der Waals surface area contributed by atoms with Crippen molar-refractivity contribution in [3.8, 4) is 0 Å². The molecule has 1 saturated heterocycles. The van der Waals surface area contributed by atoms with Gasteiger partial charge in [-0.3, -0.25) is 4.90 Å². The number of likely N-dealkylation sites (tertiary alicyclic amines) is 1. The molecule has 22 heavy (non-hydrogen) atoms. The molecule has 1 aromatic heterocycles. The number of furan rings is 1. The molecule has 0 saturated carbocycles. The molecule has 2 rings (SSSR count). The molecule has 1 atom stereocenters. The minimum atomic E-state index is -1.03. The van der Waals surface area contributed by atoms with Gasteiger partial charge in [0.25, 0.3) is 0 Å². The van der Waals surface area contributed by atoms with Crippen molar-refractivity contribution in [3.63, 3.8) is 0 Å². The van der Waals surface area contributed by atoms with E-state index in [-0.39, 0.29) is 0 Å². The summed E-state index contributed by atoms with van der Waals surface area (Å²) in [5.74, 6) is -0.419. The van der Waals surface area contributed by atoms with E-state index in [1.54, 1.807) is 39.4 Å². The summed E-state index contributed by atoms with van der Waals surface area (Å²) in [7, 11) is 1.34. The number of esters is 1. The quantitative estimate of drug-likeness (QED) is 0.803. The van der Waals surface area contributed by atoms with Crippen molar-refractivity contribution in [2.75, 3.05) is 13.7 Å². The van der Waals surface area contributed by atoms with E-state index in [0.29, 0.717) is 19.4 Å². The molecule has 6 nitrogen and oxygen atoms in total. The average Bonchev–Trinajstić information content (AvgIpc) is 3.06. The van der Waals surface area contributed by atoms with E-state index in [4.69, 9.17) is 13.9 Å². The fourth-order valence-corrected chi connectivity index (χ4v) is 2.85. The molecule has 1 aliphatic rings. The minimum absolute atomic E-state index is 0.357. The Hall–Kier alpha value is -1.98. The molecule has 122 valence electrons. The van der Waals surface area contributed by atoms with Crippen LogP contribution in [0.4, 0.5) is 4.79 Å². The lowest BCUT2D eigenvalue weighted by Gasteiger charge is -2.36. The number of hydrogen-bond acceptors (Lipinski definition) is 5. The standard InChI is InChI=1S/C16H23NO5/c1-15(2,3)22-14(19)17-8-5-7-16(17,13(18)20-4)10-12-6-9-21-11-12/h6,9,11H,5,7-8,10H2,1-4H3. The zero-order valence-corrected chi connectivity index (χ0v) is 13.5. The second kappa shape index (κ2) is 6.02. The van der Waals surface area contributed by atoms with Crippen LogP contribution in [0.5, 0.6) is 0 Å². The SMILES string of the molecule is COC(=O)C1(Cc2ccoc2)CCCN1C(=O)OC(C)(C)C. The summed E-state index contributed by atoms with van der Waals surface area (Å²) in [6, 6.07) is 1.79. The highest BCUT2D eigenvalue weighted by Gasteiger charge is 2.52. The first-order chi connectivity index (χ1) is 10.3. The summed E-state index contributed by atoms with van der Waals surface area (Å²) < 4.78 is 15.5. The number of rotatable bonds is 3. The molecule has 0 aliphatic carbocycles. The van der Waals surface area contributed by atoms with Gasteiger partial charge in [0.05, 0.1) is 19.6 Å². The third-order valence-electron chi connectivity index (χ3n) is 3.74. The molecule has 0 bridgehead atoms. The lowest BCUT2D eigenvalue weighted by molar-refractivity contribution is -0.153. The number of hydrogen-bond donors (Lipinski definition) is 0. The first-order valence-electron chi connectivity index (χ1n) is 7.39. The van der Waals surface area contributed by atoms with E-state index < -0.39 is 23.2 Å². The number of nitrogens with zero attached hydrogens (tertiary/aromatic N) is 1. The third-order valence-corrected chi connectivity index (χ3v) is 3.74. The van der Waals surface area contributed by atoms with E-state index in [0.717, 1.165) is 12.0 Å². The highest BCUT2D eigenvalue weighted by molar-refractivity contribution is 5.87. The van der Waals surface area contributed by atoms with Crippen LogP contribution in [0, 0.1) is 0 Å². The van der Waals surface area contributed by atoms with Crippen molar-refractivity contribution >= 4 is 12.1 Å². The summed E-state index contributed by atoms with van der Waals surface area (Å²) in [4.78, 5) is 26.4. The summed E-state index contributed by atoms with van der Waals surface area (Å²) in [5, 5.41) is 0. The summed E-state index contributed by atoms with van der Waals surface area (Å²) in [5.41, 5.74) is -0.793. The molecule has 1 amide bonds. The first kappa shape index (κ1) is 16.4. The lowest BCUT2D eigenvalue weighted by atomic mass is 9.89. The van der Waals surface area contributed by atoms with Crippen LogP contribution in [-0.4, -0.2) is 41.8 Å². The van der Waals surface area contributed by atoms with Gasteiger partial charge in [-0.05, 0) is 45.2 Å².